The highest BCUT2D eigenvalue weighted by atomic mass is 16.8. The molecular formula is C23H26O6. The first-order valence-corrected chi connectivity index (χ1v) is 9.80. The fourth-order valence-electron chi connectivity index (χ4n) is 3.60. The first kappa shape index (κ1) is 20.2. The number of hydrogen-bond donors (Lipinski definition) is 1. The van der Waals surface area contributed by atoms with Gasteiger partial charge in [-0.25, -0.2) is 0 Å². The van der Waals surface area contributed by atoms with Gasteiger partial charge in [-0.3, -0.25) is 0 Å². The van der Waals surface area contributed by atoms with E-state index >= 15 is 0 Å². The van der Waals surface area contributed by atoms with Gasteiger partial charge in [-0.05, 0) is 5.56 Å². The van der Waals surface area contributed by atoms with Gasteiger partial charge < -0.3 is 28.8 Å². The number of rotatable bonds is 7. The molecule has 0 aromatic heterocycles. The van der Waals surface area contributed by atoms with E-state index in [1.54, 1.807) is 6.08 Å². The summed E-state index contributed by atoms with van der Waals surface area (Å²) >= 11 is 0. The molecule has 6 atom stereocenters. The Labute approximate surface area is 170 Å². The predicted octanol–water partition coefficient (Wildman–Crippen LogP) is 2.97. The van der Waals surface area contributed by atoms with Crippen molar-refractivity contribution >= 4 is 0 Å². The second-order valence-electron chi connectivity index (χ2n) is 7.09. The monoisotopic (exact) mass is 398 g/mol. The van der Waals surface area contributed by atoms with E-state index < -0.39 is 37.0 Å². The Morgan fingerprint density at radius 3 is 2.45 bits per heavy atom. The Morgan fingerprint density at radius 1 is 1.00 bits per heavy atom. The molecule has 0 aliphatic carbocycles. The summed E-state index contributed by atoms with van der Waals surface area (Å²) in [5, 5.41) is 10.9. The standard InChI is InChI=1S/C23H26O6/c1-2-13-25-23-19(24)21(26-14-16-9-5-3-6-10-16)20-18(28-23)15-27-22(29-20)17-11-7-4-8-12-17/h2-12,18-24H,1,13-15H2/t18-,19+,20-,21-,22+,23+/m1/s1. The van der Waals surface area contributed by atoms with Crippen molar-refractivity contribution in [2.24, 2.45) is 0 Å². The van der Waals surface area contributed by atoms with Gasteiger partial charge in [0, 0.05) is 5.56 Å². The smallest absolute Gasteiger partial charge is 0.187 e. The molecule has 154 valence electrons. The maximum absolute atomic E-state index is 10.9. The minimum atomic E-state index is -1.01. The highest BCUT2D eigenvalue weighted by Crippen LogP contribution is 2.35. The molecule has 4 rings (SSSR count). The molecule has 0 bridgehead atoms. The van der Waals surface area contributed by atoms with E-state index in [-0.39, 0.29) is 6.61 Å². The fourth-order valence-corrected chi connectivity index (χ4v) is 3.60. The van der Waals surface area contributed by atoms with Crippen LogP contribution in [0.25, 0.3) is 0 Å². The molecule has 6 heteroatoms. The molecule has 0 radical (unpaired) electrons. The second-order valence-corrected chi connectivity index (χ2v) is 7.09. The Bertz CT molecular complexity index is 767. The Morgan fingerprint density at radius 2 is 1.72 bits per heavy atom. The summed E-state index contributed by atoms with van der Waals surface area (Å²) in [5.41, 5.74) is 1.92. The van der Waals surface area contributed by atoms with Gasteiger partial charge in [0.05, 0.1) is 19.8 Å². The lowest BCUT2D eigenvalue weighted by atomic mass is 9.97. The molecule has 0 unspecified atom stereocenters. The molecule has 2 aliphatic heterocycles. The summed E-state index contributed by atoms with van der Waals surface area (Å²) in [7, 11) is 0. The van der Waals surface area contributed by atoms with Gasteiger partial charge in [0.15, 0.2) is 12.6 Å². The molecular weight excluding hydrogens is 372 g/mol. The Hall–Kier alpha value is -2.06. The van der Waals surface area contributed by atoms with Crippen LogP contribution in [0.15, 0.2) is 73.3 Å². The number of ether oxygens (including phenoxy) is 5. The average Bonchev–Trinajstić information content (AvgIpc) is 2.78. The van der Waals surface area contributed by atoms with Crippen LogP contribution in [0.4, 0.5) is 0 Å². The van der Waals surface area contributed by atoms with Crippen LogP contribution >= 0.6 is 0 Å². The van der Waals surface area contributed by atoms with E-state index in [9.17, 15) is 5.11 Å². The lowest BCUT2D eigenvalue weighted by molar-refractivity contribution is -0.365. The Kier molecular flexibility index (Phi) is 6.71. The van der Waals surface area contributed by atoms with Gasteiger partial charge in [-0.2, -0.15) is 0 Å². The number of aliphatic hydroxyl groups is 1. The third-order valence-corrected chi connectivity index (χ3v) is 5.04. The highest BCUT2D eigenvalue weighted by Gasteiger charge is 2.50. The van der Waals surface area contributed by atoms with Crippen molar-refractivity contribution in [2.45, 2.75) is 43.6 Å². The molecule has 2 aromatic rings. The third-order valence-electron chi connectivity index (χ3n) is 5.04. The summed E-state index contributed by atoms with van der Waals surface area (Å²) in [4.78, 5) is 0. The van der Waals surface area contributed by atoms with Gasteiger partial charge in [0.1, 0.15) is 24.4 Å². The van der Waals surface area contributed by atoms with Crippen molar-refractivity contribution in [3.8, 4) is 0 Å². The molecule has 2 saturated heterocycles. The van der Waals surface area contributed by atoms with Crippen LogP contribution in [0, 0.1) is 0 Å². The number of fused-ring (bicyclic) bond motifs is 1. The average molecular weight is 398 g/mol. The van der Waals surface area contributed by atoms with Crippen LogP contribution in [-0.2, 0) is 30.3 Å². The van der Waals surface area contributed by atoms with Crippen molar-refractivity contribution < 1.29 is 28.8 Å². The molecule has 0 amide bonds. The lowest BCUT2D eigenvalue weighted by Gasteiger charge is -2.47. The van der Waals surface area contributed by atoms with Crippen molar-refractivity contribution in [3.63, 3.8) is 0 Å². The van der Waals surface area contributed by atoms with E-state index in [4.69, 9.17) is 23.7 Å². The van der Waals surface area contributed by atoms with Gasteiger partial charge in [0.25, 0.3) is 0 Å². The number of aliphatic hydroxyl groups excluding tert-OH is 1. The largest absolute Gasteiger partial charge is 0.385 e. The summed E-state index contributed by atoms with van der Waals surface area (Å²) in [5.74, 6) is 0. The first-order valence-electron chi connectivity index (χ1n) is 9.80. The fraction of sp³-hybridized carbons (Fsp3) is 0.391. The quantitative estimate of drug-likeness (QED) is 0.724. The minimum Gasteiger partial charge on any atom is -0.385 e. The van der Waals surface area contributed by atoms with E-state index in [2.05, 4.69) is 6.58 Å². The SMILES string of the molecule is C=CCO[C@H]1O[C@@H]2CO[C@H](c3ccccc3)O[C@H]2[C@H](OCc2ccccc2)[C@@H]1O. The third kappa shape index (κ3) is 4.75. The van der Waals surface area contributed by atoms with Crippen molar-refractivity contribution in [1.29, 1.82) is 0 Å². The number of benzene rings is 2. The van der Waals surface area contributed by atoms with Gasteiger partial charge in [-0.1, -0.05) is 66.7 Å². The molecule has 2 heterocycles. The first-order chi connectivity index (χ1) is 14.3. The normalized spacial score (nSPS) is 31.8. The molecule has 6 nitrogen and oxygen atoms in total. The maximum Gasteiger partial charge on any atom is 0.187 e. The summed E-state index contributed by atoms with van der Waals surface area (Å²) in [6, 6.07) is 19.5. The van der Waals surface area contributed by atoms with Gasteiger partial charge >= 0.3 is 0 Å². The summed E-state index contributed by atoms with van der Waals surface area (Å²) in [6.07, 6.45) is -2.29. The van der Waals surface area contributed by atoms with E-state index in [0.717, 1.165) is 11.1 Å². The van der Waals surface area contributed by atoms with E-state index in [1.807, 2.05) is 60.7 Å². The highest BCUT2D eigenvalue weighted by molar-refractivity contribution is 5.17. The Balaban J connectivity index is 1.51. The van der Waals surface area contributed by atoms with Crippen LogP contribution in [0.5, 0.6) is 0 Å². The van der Waals surface area contributed by atoms with Gasteiger partial charge in [-0.15, -0.1) is 6.58 Å². The van der Waals surface area contributed by atoms with E-state index in [0.29, 0.717) is 13.2 Å². The molecule has 2 aliphatic rings. The molecule has 2 fully saturated rings. The van der Waals surface area contributed by atoms with Crippen LogP contribution in [0.1, 0.15) is 17.4 Å². The second kappa shape index (κ2) is 9.63. The van der Waals surface area contributed by atoms with Gasteiger partial charge in [0.2, 0.25) is 0 Å². The van der Waals surface area contributed by atoms with E-state index in [1.165, 1.54) is 0 Å². The number of hydrogen-bond acceptors (Lipinski definition) is 6. The van der Waals surface area contributed by atoms with Crippen molar-refractivity contribution in [2.75, 3.05) is 13.2 Å². The topological polar surface area (TPSA) is 66.4 Å². The molecule has 2 aromatic carbocycles. The van der Waals surface area contributed by atoms with Crippen molar-refractivity contribution in [1.82, 2.24) is 0 Å². The zero-order valence-electron chi connectivity index (χ0n) is 16.1. The molecule has 29 heavy (non-hydrogen) atoms. The predicted molar refractivity (Wildman–Crippen MR) is 106 cm³/mol. The minimum absolute atomic E-state index is 0.263. The van der Waals surface area contributed by atoms with Crippen LogP contribution < -0.4 is 0 Å². The van der Waals surface area contributed by atoms with Crippen LogP contribution in [0.2, 0.25) is 0 Å². The zero-order valence-corrected chi connectivity index (χ0v) is 16.1. The summed E-state index contributed by atoms with van der Waals surface area (Å²) in [6.45, 7) is 4.57. The maximum atomic E-state index is 10.9. The van der Waals surface area contributed by atoms with Crippen molar-refractivity contribution in [3.05, 3.63) is 84.4 Å². The summed E-state index contributed by atoms with van der Waals surface area (Å²) < 4.78 is 29.7. The lowest BCUT2D eigenvalue weighted by Crippen LogP contribution is -2.63. The van der Waals surface area contributed by atoms with Crippen LogP contribution in [0.3, 0.4) is 0 Å². The molecule has 0 saturated carbocycles. The molecule has 0 spiro atoms. The molecule has 1 N–H and O–H groups in total. The van der Waals surface area contributed by atoms with Crippen LogP contribution in [-0.4, -0.2) is 49.0 Å². The zero-order chi connectivity index (χ0) is 20.1.